The van der Waals surface area contributed by atoms with Crippen molar-refractivity contribution < 1.29 is 9.53 Å². The molecule has 1 rings (SSSR count). The number of rotatable bonds is 4. The summed E-state index contributed by atoms with van der Waals surface area (Å²) in [7, 11) is 0. The summed E-state index contributed by atoms with van der Waals surface area (Å²) < 4.78 is 6.07. The summed E-state index contributed by atoms with van der Waals surface area (Å²) in [6, 6.07) is 3.55. The highest BCUT2D eigenvalue weighted by atomic mass is 35.5. The van der Waals surface area contributed by atoms with Crippen LogP contribution in [0.1, 0.15) is 45.5 Å². The van der Waals surface area contributed by atoms with Gasteiger partial charge in [-0.3, -0.25) is 10.1 Å². The Labute approximate surface area is 117 Å². The number of ether oxygens (including phenoxy) is 1. The van der Waals surface area contributed by atoms with Crippen molar-refractivity contribution in [3.8, 4) is 0 Å². The SMILES string of the molecule is CC(NC(C)c1ccc(Cl)s1)C(=O)OC(C)(C)C. The van der Waals surface area contributed by atoms with Gasteiger partial charge in [-0.25, -0.2) is 0 Å². The standard InChI is InChI=1S/C13H20ClNO2S/c1-8(10-6-7-11(14)18-10)15-9(2)12(16)17-13(3,4)5/h6-9,15H,1-5H3. The molecule has 1 aromatic rings. The first-order valence-corrected chi connectivity index (χ1v) is 7.12. The van der Waals surface area contributed by atoms with Crippen LogP contribution in [0.2, 0.25) is 4.34 Å². The largest absolute Gasteiger partial charge is 0.459 e. The summed E-state index contributed by atoms with van der Waals surface area (Å²) in [4.78, 5) is 12.9. The first-order chi connectivity index (χ1) is 8.19. The lowest BCUT2D eigenvalue weighted by Crippen LogP contribution is -2.40. The first kappa shape index (κ1) is 15.5. The Bertz CT molecular complexity index is 411. The molecule has 0 aliphatic rings. The minimum atomic E-state index is -0.456. The van der Waals surface area contributed by atoms with Crippen LogP contribution in [0.15, 0.2) is 12.1 Å². The van der Waals surface area contributed by atoms with E-state index in [-0.39, 0.29) is 18.1 Å². The monoisotopic (exact) mass is 289 g/mol. The molecule has 0 spiro atoms. The third-order valence-electron chi connectivity index (χ3n) is 2.28. The van der Waals surface area contributed by atoms with E-state index in [0.29, 0.717) is 0 Å². The van der Waals surface area contributed by atoms with E-state index in [1.54, 1.807) is 6.92 Å². The zero-order valence-electron chi connectivity index (χ0n) is 11.4. The molecule has 5 heteroatoms. The molecule has 0 aromatic carbocycles. The van der Waals surface area contributed by atoms with Crippen LogP contribution in [0.5, 0.6) is 0 Å². The van der Waals surface area contributed by atoms with E-state index >= 15 is 0 Å². The third kappa shape index (κ3) is 4.96. The van der Waals surface area contributed by atoms with Gasteiger partial charge in [-0.15, -0.1) is 11.3 Å². The molecule has 0 fully saturated rings. The number of esters is 1. The van der Waals surface area contributed by atoms with Crippen molar-refractivity contribution >= 4 is 28.9 Å². The van der Waals surface area contributed by atoms with Gasteiger partial charge in [0.25, 0.3) is 0 Å². The van der Waals surface area contributed by atoms with Crippen LogP contribution in [-0.2, 0) is 9.53 Å². The van der Waals surface area contributed by atoms with Crippen LogP contribution in [0.3, 0.4) is 0 Å². The smallest absolute Gasteiger partial charge is 0.323 e. The Hall–Kier alpha value is -0.580. The number of carbonyl (C=O) groups excluding carboxylic acids is 1. The summed E-state index contributed by atoms with van der Waals surface area (Å²) in [6.07, 6.45) is 0. The molecule has 0 radical (unpaired) electrons. The van der Waals surface area contributed by atoms with E-state index in [9.17, 15) is 4.79 Å². The van der Waals surface area contributed by atoms with Crippen molar-refractivity contribution in [2.45, 2.75) is 52.3 Å². The van der Waals surface area contributed by atoms with Gasteiger partial charge in [-0.05, 0) is 46.8 Å². The van der Waals surface area contributed by atoms with Gasteiger partial charge in [0, 0.05) is 10.9 Å². The lowest BCUT2D eigenvalue weighted by atomic mass is 10.2. The molecule has 0 amide bonds. The molecule has 1 heterocycles. The molecule has 3 nitrogen and oxygen atoms in total. The normalized spacial score (nSPS) is 15.2. The van der Waals surface area contributed by atoms with E-state index in [1.807, 2.05) is 39.8 Å². The predicted octanol–water partition coefficient (Wildman–Crippen LogP) is 3.78. The van der Waals surface area contributed by atoms with E-state index in [1.165, 1.54) is 11.3 Å². The van der Waals surface area contributed by atoms with E-state index in [4.69, 9.17) is 16.3 Å². The predicted molar refractivity (Wildman–Crippen MR) is 76.2 cm³/mol. The van der Waals surface area contributed by atoms with Gasteiger partial charge in [-0.1, -0.05) is 11.6 Å². The first-order valence-electron chi connectivity index (χ1n) is 5.93. The van der Waals surface area contributed by atoms with E-state index < -0.39 is 5.60 Å². The van der Waals surface area contributed by atoms with Gasteiger partial charge in [-0.2, -0.15) is 0 Å². The summed E-state index contributed by atoms with van der Waals surface area (Å²) in [5, 5.41) is 3.21. The summed E-state index contributed by atoms with van der Waals surface area (Å²) in [5.74, 6) is -0.239. The van der Waals surface area contributed by atoms with E-state index in [2.05, 4.69) is 5.32 Å². The zero-order chi connectivity index (χ0) is 13.9. The molecule has 0 saturated heterocycles. The third-order valence-corrected chi connectivity index (χ3v) is 3.69. The van der Waals surface area contributed by atoms with Crippen molar-refractivity contribution in [2.24, 2.45) is 0 Å². The quantitative estimate of drug-likeness (QED) is 0.857. The Balaban J connectivity index is 2.54. The Morgan fingerprint density at radius 2 is 2.00 bits per heavy atom. The van der Waals surface area contributed by atoms with Crippen molar-refractivity contribution in [1.82, 2.24) is 5.32 Å². The number of hydrogen-bond donors (Lipinski definition) is 1. The van der Waals surface area contributed by atoms with Crippen molar-refractivity contribution in [3.63, 3.8) is 0 Å². The molecule has 0 aliphatic heterocycles. The number of hydrogen-bond acceptors (Lipinski definition) is 4. The lowest BCUT2D eigenvalue weighted by molar-refractivity contribution is -0.157. The topological polar surface area (TPSA) is 38.3 Å². The fourth-order valence-electron chi connectivity index (χ4n) is 1.48. The summed E-state index contributed by atoms with van der Waals surface area (Å²) >= 11 is 7.40. The fraction of sp³-hybridized carbons (Fsp3) is 0.615. The molecule has 2 unspecified atom stereocenters. The van der Waals surface area contributed by atoms with Gasteiger partial charge in [0.05, 0.1) is 4.34 Å². The molecule has 1 N–H and O–H groups in total. The Morgan fingerprint density at radius 1 is 1.39 bits per heavy atom. The molecule has 18 heavy (non-hydrogen) atoms. The maximum absolute atomic E-state index is 11.8. The van der Waals surface area contributed by atoms with Crippen molar-refractivity contribution in [2.75, 3.05) is 0 Å². The van der Waals surface area contributed by atoms with Crippen LogP contribution >= 0.6 is 22.9 Å². The second kappa shape index (κ2) is 6.04. The molecular formula is C13H20ClNO2S. The molecule has 1 aromatic heterocycles. The fourth-order valence-corrected chi connectivity index (χ4v) is 2.55. The maximum atomic E-state index is 11.8. The number of halogens is 1. The van der Waals surface area contributed by atoms with E-state index in [0.717, 1.165) is 9.21 Å². The van der Waals surface area contributed by atoms with Crippen LogP contribution < -0.4 is 5.32 Å². The number of carbonyl (C=O) groups is 1. The molecule has 102 valence electrons. The molecular weight excluding hydrogens is 270 g/mol. The molecule has 2 atom stereocenters. The maximum Gasteiger partial charge on any atom is 0.323 e. The van der Waals surface area contributed by atoms with Gasteiger partial charge in [0.15, 0.2) is 0 Å². The highest BCUT2D eigenvalue weighted by Crippen LogP contribution is 2.27. The number of nitrogens with one attached hydrogen (secondary N) is 1. The van der Waals surface area contributed by atoms with Crippen molar-refractivity contribution in [1.29, 1.82) is 0 Å². The van der Waals surface area contributed by atoms with Crippen LogP contribution in [0.4, 0.5) is 0 Å². The molecule has 0 aliphatic carbocycles. The molecule has 0 bridgehead atoms. The van der Waals surface area contributed by atoms with Crippen LogP contribution in [-0.4, -0.2) is 17.6 Å². The zero-order valence-corrected chi connectivity index (χ0v) is 13.0. The van der Waals surface area contributed by atoms with Gasteiger partial charge < -0.3 is 4.74 Å². The second-order valence-corrected chi connectivity index (χ2v) is 7.03. The van der Waals surface area contributed by atoms with Gasteiger partial charge in [0.1, 0.15) is 11.6 Å². The van der Waals surface area contributed by atoms with Crippen LogP contribution in [0, 0.1) is 0 Å². The minimum Gasteiger partial charge on any atom is -0.459 e. The number of thiophene rings is 1. The highest BCUT2D eigenvalue weighted by Gasteiger charge is 2.23. The average molecular weight is 290 g/mol. The Morgan fingerprint density at radius 3 is 2.44 bits per heavy atom. The van der Waals surface area contributed by atoms with Crippen molar-refractivity contribution in [3.05, 3.63) is 21.3 Å². The highest BCUT2D eigenvalue weighted by molar-refractivity contribution is 7.16. The second-order valence-electron chi connectivity index (χ2n) is 5.29. The minimum absolute atomic E-state index is 0.0741. The summed E-state index contributed by atoms with van der Waals surface area (Å²) in [6.45, 7) is 9.39. The van der Waals surface area contributed by atoms with Gasteiger partial charge >= 0.3 is 5.97 Å². The van der Waals surface area contributed by atoms with Gasteiger partial charge in [0.2, 0.25) is 0 Å². The van der Waals surface area contributed by atoms with Crippen LogP contribution in [0.25, 0.3) is 0 Å². The Kier molecular flexibility index (Phi) is 5.20. The lowest BCUT2D eigenvalue weighted by Gasteiger charge is -2.24. The average Bonchev–Trinajstić information content (AvgIpc) is 2.62. The summed E-state index contributed by atoms with van der Waals surface area (Å²) in [5.41, 5.74) is -0.456. The molecule has 0 saturated carbocycles.